The molecule has 0 radical (unpaired) electrons. The Balaban J connectivity index is 2.61. The lowest BCUT2D eigenvalue weighted by Crippen LogP contribution is -2.29. The molecule has 0 unspecified atom stereocenters. The number of nitrogens with one attached hydrogen (secondary N) is 2. The van der Waals surface area contributed by atoms with Gasteiger partial charge in [-0.25, -0.2) is 0 Å². The molecule has 0 aliphatic heterocycles. The second-order valence-corrected chi connectivity index (χ2v) is 3.87. The summed E-state index contributed by atoms with van der Waals surface area (Å²) in [5.41, 5.74) is 2.15. The molecule has 0 heterocycles. The van der Waals surface area contributed by atoms with Crippen molar-refractivity contribution in [1.82, 2.24) is 10.6 Å². The summed E-state index contributed by atoms with van der Waals surface area (Å²) in [6, 6.07) is 7.63. The molecule has 0 spiro atoms. The number of carbonyl (C=O) groups excluding carboxylic acids is 1. The first-order valence-corrected chi connectivity index (χ1v) is 5.68. The van der Waals surface area contributed by atoms with Gasteiger partial charge in [-0.1, -0.05) is 17.7 Å². The molecule has 1 rings (SSSR count). The largest absolute Gasteiger partial charge is 0.483 e. The van der Waals surface area contributed by atoms with Crippen molar-refractivity contribution in [3.8, 4) is 11.8 Å². The number of aryl methyl sites for hydroxylation is 1. The fraction of sp³-hybridized carbons (Fsp3) is 0.385. The summed E-state index contributed by atoms with van der Waals surface area (Å²) in [6.45, 7) is 2.60. The molecule has 5 heteroatoms. The average Bonchev–Trinajstić information content (AvgIpc) is 2.36. The number of benzene rings is 1. The van der Waals surface area contributed by atoms with E-state index in [9.17, 15) is 4.79 Å². The summed E-state index contributed by atoms with van der Waals surface area (Å²) >= 11 is 0. The Morgan fingerprint density at radius 1 is 1.50 bits per heavy atom. The van der Waals surface area contributed by atoms with E-state index in [-0.39, 0.29) is 19.1 Å². The van der Waals surface area contributed by atoms with Gasteiger partial charge in [-0.2, -0.15) is 5.26 Å². The van der Waals surface area contributed by atoms with Gasteiger partial charge in [-0.05, 0) is 20.0 Å². The monoisotopic (exact) mass is 247 g/mol. The standard InChI is InChI=1S/C13H17N3O2/c1-10-3-4-12(11(7-10)8-15-2)18-9-13(17)16-6-5-14/h3-4,7,15H,6,8-9H2,1-2H3,(H,16,17). The minimum Gasteiger partial charge on any atom is -0.483 e. The molecule has 2 N–H and O–H groups in total. The number of hydrogen-bond donors (Lipinski definition) is 2. The second-order valence-electron chi connectivity index (χ2n) is 3.87. The van der Waals surface area contributed by atoms with Crippen molar-refractivity contribution in [1.29, 1.82) is 5.26 Å². The van der Waals surface area contributed by atoms with Crippen molar-refractivity contribution in [3.05, 3.63) is 29.3 Å². The summed E-state index contributed by atoms with van der Waals surface area (Å²) in [5, 5.41) is 13.8. The maximum absolute atomic E-state index is 11.3. The van der Waals surface area contributed by atoms with Crippen LogP contribution in [-0.2, 0) is 11.3 Å². The van der Waals surface area contributed by atoms with Crippen LogP contribution in [0.15, 0.2) is 18.2 Å². The molecule has 1 aromatic carbocycles. The SMILES string of the molecule is CNCc1cc(C)ccc1OCC(=O)NCC#N. The third kappa shape index (κ3) is 4.44. The van der Waals surface area contributed by atoms with Crippen LogP contribution in [0.5, 0.6) is 5.75 Å². The Labute approximate surface area is 107 Å². The molecular weight excluding hydrogens is 230 g/mol. The van der Waals surface area contributed by atoms with E-state index in [0.29, 0.717) is 12.3 Å². The zero-order valence-corrected chi connectivity index (χ0v) is 10.6. The van der Waals surface area contributed by atoms with E-state index in [1.165, 1.54) is 0 Å². The van der Waals surface area contributed by atoms with E-state index in [1.807, 2.05) is 38.2 Å². The topological polar surface area (TPSA) is 74.2 Å². The first-order chi connectivity index (χ1) is 8.67. The highest BCUT2D eigenvalue weighted by Gasteiger charge is 2.06. The first kappa shape index (κ1) is 14.0. The van der Waals surface area contributed by atoms with E-state index in [0.717, 1.165) is 11.1 Å². The zero-order valence-electron chi connectivity index (χ0n) is 10.6. The molecule has 0 saturated carbocycles. The van der Waals surface area contributed by atoms with Crippen LogP contribution in [-0.4, -0.2) is 26.1 Å². The number of carbonyl (C=O) groups is 1. The van der Waals surface area contributed by atoms with Crippen LogP contribution in [0.1, 0.15) is 11.1 Å². The number of hydrogen-bond acceptors (Lipinski definition) is 4. The minimum absolute atomic E-state index is 0.000532. The molecule has 0 saturated heterocycles. The average molecular weight is 247 g/mol. The first-order valence-electron chi connectivity index (χ1n) is 5.68. The van der Waals surface area contributed by atoms with Gasteiger partial charge >= 0.3 is 0 Å². The Morgan fingerprint density at radius 3 is 2.94 bits per heavy atom. The Hall–Kier alpha value is -2.06. The molecule has 5 nitrogen and oxygen atoms in total. The number of rotatable bonds is 6. The van der Waals surface area contributed by atoms with Gasteiger partial charge in [-0.15, -0.1) is 0 Å². The molecule has 1 aromatic rings. The molecule has 0 aromatic heterocycles. The summed E-state index contributed by atoms with van der Waals surface area (Å²) in [5.74, 6) is 0.384. The molecule has 0 aliphatic carbocycles. The van der Waals surface area contributed by atoms with Crippen molar-refractivity contribution in [2.24, 2.45) is 0 Å². The van der Waals surface area contributed by atoms with Gasteiger partial charge in [0.2, 0.25) is 0 Å². The van der Waals surface area contributed by atoms with Gasteiger partial charge < -0.3 is 15.4 Å². The van der Waals surface area contributed by atoms with Crippen molar-refractivity contribution in [2.75, 3.05) is 20.2 Å². The third-order valence-electron chi connectivity index (χ3n) is 2.31. The summed E-state index contributed by atoms with van der Waals surface area (Å²) in [4.78, 5) is 11.3. The van der Waals surface area contributed by atoms with E-state index >= 15 is 0 Å². The van der Waals surface area contributed by atoms with Crippen LogP contribution in [0.25, 0.3) is 0 Å². The third-order valence-corrected chi connectivity index (χ3v) is 2.31. The van der Waals surface area contributed by atoms with Crippen molar-refractivity contribution >= 4 is 5.91 Å². The highest BCUT2D eigenvalue weighted by molar-refractivity contribution is 5.77. The molecule has 0 bridgehead atoms. The summed E-state index contributed by atoms with van der Waals surface area (Å²) < 4.78 is 5.44. The van der Waals surface area contributed by atoms with Gasteiger partial charge in [0.25, 0.3) is 5.91 Å². The highest BCUT2D eigenvalue weighted by Crippen LogP contribution is 2.19. The maximum Gasteiger partial charge on any atom is 0.258 e. The normalized spacial score (nSPS) is 9.61. The van der Waals surface area contributed by atoms with E-state index < -0.39 is 0 Å². The van der Waals surface area contributed by atoms with Crippen molar-refractivity contribution in [3.63, 3.8) is 0 Å². The minimum atomic E-state index is -0.299. The van der Waals surface area contributed by atoms with E-state index in [4.69, 9.17) is 10.00 Å². The highest BCUT2D eigenvalue weighted by atomic mass is 16.5. The fourth-order valence-corrected chi connectivity index (χ4v) is 1.51. The van der Waals surface area contributed by atoms with Crippen molar-refractivity contribution in [2.45, 2.75) is 13.5 Å². The van der Waals surface area contributed by atoms with Gasteiger partial charge in [-0.3, -0.25) is 4.79 Å². The summed E-state index contributed by atoms with van der Waals surface area (Å²) in [6.07, 6.45) is 0. The summed E-state index contributed by atoms with van der Waals surface area (Å²) in [7, 11) is 1.85. The predicted molar refractivity (Wildman–Crippen MR) is 68.1 cm³/mol. The van der Waals surface area contributed by atoms with Gasteiger partial charge in [0.1, 0.15) is 12.3 Å². The number of ether oxygens (including phenoxy) is 1. The number of nitrogens with zero attached hydrogens (tertiary/aromatic N) is 1. The molecule has 96 valence electrons. The quantitative estimate of drug-likeness (QED) is 0.727. The van der Waals surface area contributed by atoms with Crippen LogP contribution < -0.4 is 15.4 Å². The molecular formula is C13H17N3O2. The van der Waals surface area contributed by atoms with E-state index in [2.05, 4.69) is 10.6 Å². The molecule has 1 amide bonds. The van der Waals surface area contributed by atoms with Crippen LogP contribution in [0, 0.1) is 18.3 Å². The van der Waals surface area contributed by atoms with E-state index in [1.54, 1.807) is 0 Å². The van der Waals surface area contributed by atoms with Gasteiger partial charge in [0.05, 0.1) is 6.07 Å². The van der Waals surface area contributed by atoms with Crippen LogP contribution in [0.3, 0.4) is 0 Å². The van der Waals surface area contributed by atoms with Crippen molar-refractivity contribution < 1.29 is 9.53 Å². The van der Waals surface area contributed by atoms with Gasteiger partial charge in [0, 0.05) is 12.1 Å². The second kappa shape index (κ2) is 7.30. The maximum atomic E-state index is 11.3. The fourth-order valence-electron chi connectivity index (χ4n) is 1.51. The lowest BCUT2D eigenvalue weighted by molar-refractivity contribution is -0.122. The van der Waals surface area contributed by atoms with Gasteiger partial charge in [0.15, 0.2) is 6.61 Å². The predicted octanol–water partition coefficient (Wildman–Crippen LogP) is 0.733. The lowest BCUT2D eigenvalue weighted by Gasteiger charge is -2.11. The number of nitriles is 1. The lowest BCUT2D eigenvalue weighted by atomic mass is 10.1. The Morgan fingerprint density at radius 2 is 2.28 bits per heavy atom. The van der Waals surface area contributed by atoms with Crippen LogP contribution in [0.4, 0.5) is 0 Å². The molecule has 18 heavy (non-hydrogen) atoms. The molecule has 0 fully saturated rings. The Kier molecular flexibility index (Phi) is 5.68. The zero-order chi connectivity index (χ0) is 13.4. The molecule has 0 aliphatic rings. The smallest absolute Gasteiger partial charge is 0.258 e. The van der Waals surface area contributed by atoms with Crippen LogP contribution in [0.2, 0.25) is 0 Å². The molecule has 0 atom stereocenters. The van der Waals surface area contributed by atoms with Crippen LogP contribution >= 0.6 is 0 Å². The number of amides is 1. The Bertz CT molecular complexity index is 452.